The van der Waals surface area contributed by atoms with Gasteiger partial charge in [-0.3, -0.25) is 0 Å². The molecule has 0 saturated heterocycles. The minimum Gasteiger partial charge on any atom is -0.478 e. The molecule has 1 aromatic rings. The number of carbonyl (C=O) groups is 1. The number of aromatic carboxylic acids is 1. The summed E-state index contributed by atoms with van der Waals surface area (Å²) < 4.78 is 14.2. The zero-order chi connectivity index (χ0) is 18.1. The largest absolute Gasteiger partial charge is 0.478 e. The Labute approximate surface area is 151 Å². The number of benzene rings is 1. The van der Waals surface area contributed by atoms with Gasteiger partial charge < -0.3 is 5.11 Å². The molecule has 0 amide bonds. The molecule has 1 saturated carbocycles. The normalized spacial score (nSPS) is 20.6. The Morgan fingerprint density at radius 3 is 2.28 bits per heavy atom. The van der Waals surface area contributed by atoms with E-state index in [0.717, 1.165) is 18.8 Å². The van der Waals surface area contributed by atoms with Crippen molar-refractivity contribution in [2.75, 3.05) is 0 Å². The van der Waals surface area contributed by atoms with Gasteiger partial charge >= 0.3 is 5.97 Å². The number of carboxylic acid groups (broad SMARTS) is 1. The second-order valence-electron chi connectivity index (χ2n) is 7.67. The maximum Gasteiger partial charge on any atom is 0.335 e. The molecule has 0 aliphatic heterocycles. The van der Waals surface area contributed by atoms with E-state index < -0.39 is 5.97 Å². The van der Waals surface area contributed by atoms with Gasteiger partial charge in [-0.1, -0.05) is 64.4 Å². The van der Waals surface area contributed by atoms with Crippen LogP contribution in [0, 0.1) is 11.7 Å². The Kier molecular flexibility index (Phi) is 8.43. The van der Waals surface area contributed by atoms with Gasteiger partial charge in [0.15, 0.2) is 0 Å². The van der Waals surface area contributed by atoms with Crippen molar-refractivity contribution in [2.45, 2.75) is 89.9 Å². The molecular formula is C22H33FO2. The molecule has 1 fully saturated rings. The van der Waals surface area contributed by atoms with Crippen molar-refractivity contribution in [3.8, 4) is 0 Å². The van der Waals surface area contributed by atoms with Crippen LogP contribution in [0.5, 0.6) is 0 Å². The first-order valence-electron chi connectivity index (χ1n) is 10.1. The molecule has 0 atom stereocenters. The second kappa shape index (κ2) is 10.6. The number of hydrogen-bond donors (Lipinski definition) is 1. The quantitative estimate of drug-likeness (QED) is 0.465. The first-order valence-corrected chi connectivity index (χ1v) is 10.1. The predicted molar refractivity (Wildman–Crippen MR) is 101 cm³/mol. The number of halogens is 1. The fourth-order valence-corrected chi connectivity index (χ4v) is 4.14. The smallest absolute Gasteiger partial charge is 0.335 e. The molecule has 1 aliphatic rings. The minimum absolute atomic E-state index is 0.0360. The molecule has 1 N–H and O–H groups in total. The van der Waals surface area contributed by atoms with E-state index in [1.54, 1.807) is 6.07 Å². The lowest BCUT2D eigenvalue weighted by Crippen LogP contribution is -2.14. The molecule has 0 aromatic heterocycles. The minimum atomic E-state index is -1.07. The molecule has 0 unspecified atom stereocenters. The third-order valence-corrected chi connectivity index (χ3v) is 5.75. The van der Waals surface area contributed by atoms with Crippen LogP contribution in [0.4, 0.5) is 4.39 Å². The highest BCUT2D eigenvalue weighted by atomic mass is 19.1. The van der Waals surface area contributed by atoms with E-state index in [1.807, 2.05) is 0 Å². The van der Waals surface area contributed by atoms with Crippen LogP contribution in [0.15, 0.2) is 18.2 Å². The maximum atomic E-state index is 14.2. The summed E-state index contributed by atoms with van der Waals surface area (Å²) in [5.74, 6) is -0.360. The summed E-state index contributed by atoms with van der Waals surface area (Å²) in [5, 5.41) is 8.94. The molecule has 1 aromatic carbocycles. The van der Waals surface area contributed by atoms with Crippen molar-refractivity contribution in [3.05, 3.63) is 35.1 Å². The summed E-state index contributed by atoms with van der Waals surface area (Å²) in [6, 6.07) is 4.38. The van der Waals surface area contributed by atoms with E-state index in [0.29, 0.717) is 5.56 Å². The van der Waals surface area contributed by atoms with Gasteiger partial charge in [-0.25, -0.2) is 9.18 Å². The lowest BCUT2D eigenvalue weighted by molar-refractivity contribution is 0.0696. The zero-order valence-corrected chi connectivity index (χ0v) is 15.6. The van der Waals surface area contributed by atoms with E-state index in [-0.39, 0.29) is 17.3 Å². The number of carboxylic acids is 1. The van der Waals surface area contributed by atoms with Crippen LogP contribution in [0.25, 0.3) is 0 Å². The average molecular weight is 349 g/mol. The highest BCUT2D eigenvalue weighted by Gasteiger charge is 2.24. The van der Waals surface area contributed by atoms with Gasteiger partial charge in [-0.2, -0.15) is 0 Å². The van der Waals surface area contributed by atoms with E-state index in [2.05, 4.69) is 6.92 Å². The highest BCUT2D eigenvalue weighted by molar-refractivity contribution is 5.87. The Balaban J connectivity index is 1.68. The summed E-state index contributed by atoms with van der Waals surface area (Å²) in [7, 11) is 0. The second-order valence-corrected chi connectivity index (χ2v) is 7.67. The van der Waals surface area contributed by atoms with Gasteiger partial charge in [0.2, 0.25) is 0 Å². The standard InChI is InChI=1S/C22H33FO2/c1-2-3-4-5-6-7-8-9-17-10-12-18(13-11-17)20-15-14-19(22(24)25)16-21(20)23/h14-18H,2-13H2,1H3,(H,24,25). The molecule has 0 spiro atoms. The third kappa shape index (κ3) is 6.45. The molecule has 0 bridgehead atoms. The average Bonchev–Trinajstić information content (AvgIpc) is 2.61. The Morgan fingerprint density at radius 2 is 1.68 bits per heavy atom. The van der Waals surface area contributed by atoms with E-state index in [4.69, 9.17) is 5.11 Å². The first-order chi connectivity index (χ1) is 12.1. The lowest BCUT2D eigenvalue weighted by atomic mass is 9.76. The zero-order valence-electron chi connectivity index (χ0n) is 15.6. The summed E-state index contributed by atoms with van der Waals surface area (Å²) in [4.78, 5) is 10.9. The van der Waals surface area contributed by atoms with Crippen LogP contribution < -0.4 is 0 Å². The van der Waals surface area contributed by atoms with Crippen molar-refractivity contribution in [2.24, 2.45) is 5.92 Å². The molecular weight excluding hydrogens is 315 g/mol. The van der Waals surface area contributed by atoms with Crippen LogP contribution in [-0.2, 0) is 0 Å². The molecule has 2 rings (SSSR count). The van der Waals surface area contributed by atoms with Crippen molar-refractivity contribution in [1.82, 2.24) is 0 Å². The van der Waals surface area contributed by atoms with Crippen molar-refractivity contribution in [1.29, 1.82) is 0 Å². The third-order valence-electron chi connectivity index (χ3n) is 5.75. The summed E-state index contributed by atoms with van der Waals surface area (Å²) in [5.41, 5.74) is 0.744. The van der Waals surface area contributed by atoms with Gasteiger partial charge in [0.1, 0.15) is 5.82 Å². The molecule has 0 heterocycles. The summed E-state index contributed by atoms with van der Waals surface area (Å²) in [6.07, 6.45) is 15.3. The molecule has 2 nitrogen and oxygen atoms in total. The van der Waals surface area contributed by atoms with Crippen molar-refractivity contribution < 1.29 is 14.3 Å². The molecule has 25 heavy (non-hydrogen) atoms. The van der Waals surface area contributed by atoms with Gasteiger partial charge in [-0.05, 0) is 55.2 Å². The van der Waals surface area contributed by atoms with Gasteiger partial charge in [0.05, 0.1) is 5.56 Å². The van der Waals surface area contributed by atoms with Gasteiger partial charge in [0.25, 0.3) is 0 Å². The molecule has 140 valence electrons. The Hall–Kier alpha value is -1.38. The molecule has 1 aliphatic carbocycles. The van der Waals surface area contributed by atoms with Crippen LogP contribution in [0.3, 0.4) is 0 Å². The summed E-state index contributed by atoms with van der Waals surface area (Å²) >= 11 is 0. The highest BCUT2D eigenvalue weighted by Crippen LogP contribution is 2.38. The maximum absolute atomic E-state index is 14.2. The number of unbranched alkanes of at least 4 members (excludes halogenated alkanes) is 6. The topological polar surface area (TPSA) is 37.3 Å². The van der Waals surface area contributed by atoms with Gasteiger partial charge in [-0.15, -0.1) is 0 Å². The van der Waals surface area contributed by atoms with Gasteiger partial charge in [0, 0.05) is 0 Å². The van der Waals surface area contributed by atoms with Crippen LogP contribution >= 0.6 is 0 Å². The Morgan fingerprint density at radius 1 is 1.04 bits per heavy atom. The van der Waals surface area contributed by atoms with Crippen LogP contribution in [0.1, 0.15) is 106 Å². The van der Waals surface area contributed by atoms with E-state index in [1.165, 1.54) is 76.3 Å². The predicted octanol–water partition coefficient (Wildman–Crippen LogP) is 6.94. The molecule has 3 heteroatoms. The monoisotopic (exact) mass is 348 g/mol. The van der Waals surface area contributed by atoms with E-state index in [9.17, 15) is 9.18 Å². The number of rotatable bonds is 10. The van der Waals surface area contributed by atoms with Crippen molar-refractivity contribution in [3.63, 3.8) is 0 Å². The van der Waals surface area contributed by atoms with Crippen LogP contribution in [0.2, 0.25) is 0 Å². The van der Waals surface area contributed by atoms with E-state index >= 15 is 0 Å². The van der Waals surface area contributed by atoms with Crippen molar-refractivity contribution >= 4 is 5.97 Å². The van der Waals surface area contributed by atoms with Crippen LogP contribution in [-0.4, -0.2) is 11.1 Å². The fourth-order valence-electron chi connectivity index (χ4n) is 4.14. The number of hydrogen-bond acceptors (Lipinski definition) is 1. The first kappa shape index (κ1) is 19.9. The molecule has 0 radical (unpaired) electrons. The summed E-state index contributed by atoms with van der Waals surface area (Å²) in [6.45, 7) is 2.25. The SMILES string of the molecule is CCCCCCCCCC1CCC(c2ccc(C(=O)O)cc2F)CC1. The Bertz CT molecular complexity index is 533. The fraction of sp³-hybridized carbons (Fsp3) is 0.682. The lowest BCUT2D eigenvalue weighted by Gasteiger charge is -2.29.